The predicted octanol–water partition coefficient (Wildman–Crippen LogP) is 0.935. The van der Waals surface area contributed by atoms with Crippen LogP contribution in [0.25, 0.3) is 0 Å². The quantitative estimate of drug-likeness (QED) is 0.707. The SMILES string of the molecule is O=C(Nc1n[nH]c(Cc2ccccc2)n1)N1CCN(c2ncncn2)CC1. The van der Waals surface area contributed by atoms with Crippen molar-refractivity contribution < 1.29 is 4.79 Å². The first-order chi connectivity index (χ1) is 13.3. The van der Waals surface area contributed by atoms with Crippen molar-refractivity contribution in [1.82, 2.24) is 35.0 Å². The molecule has 1 aliphatic rings. The van der Waals surface area contributed by atoms with Gasteiger partial charge >= 0.3 is 6.03 Å². The number of benzene rings is 1. The van der Waals surface area contributed by atoms with E-state index < -0.39 is 0 Å². The number of nitrogens with zero attached hydrogens (tertiary/aromatic N) is 7. The van der Waals surface area contributed by atoms with E-state index in [1.165, 1.54) is 12.7 Å². The van der Waals surface area contributed by atoms with Gasteiger partial charge in [-0.3, -0.25) is 10.4 Å². The number of nitrogens with one attached hydrogen (secondary N) is 2. The van der Waals surface area contributed by atoms with Gasteiger partial charge in [-0.05, 0) is 5.56 Å². The van der Waals surface area contributed by atoms with Gasteiger partial charge in [0.05, 0.1) is 0 Å². The molecule has 0 unspecified atom stereocenters. The number of rotatable bonds is 4. The fourth-order valence-electron chi connectivity index (χ4n) is 2.90. The highest BCUT2D eigenvalue weighted by Crippen LogP contribution is 2.11. The summed E-state index contributed by atoms with van der Waals surface area (Å²) in [5.74, 6) is 1.62. The van der Waals surface area contributed by atoms with Gasteiger partial charge in [-0.1, -0.05) is 30.3 Å². The maximum absolute atomic E-state index is 12.4. The van der Waals surface area contributed by atoms with E-state index in [0.717, 1.165) is 5.56 Å². The Morgan fingerprint density at radius 1 is 1.07 bits per heavy atom. The lowest BCUT2D eigenvalue weighted by atomic mass is 10.1. The van der Waals surface area contributed by atoms with Gasteiger partial charge < -0.3 is 9.80 Å². The average Bonchev–Trinajstić information content (AvgIpc) is 3.16. The molecule has 3 heterocycles. The maximum Gasteiger partial charge on any atom is 0.324 e. The van der Waals surface area contributed by atoms with Crippen molar-refractivity contribution in [3.63, 3.8) is 0 Å². The van der Waals surface area contributed by atoms with E-state index in [1.807, 2.05) is 35.2 Å². The first-order valence-electron chi connectivity index (χ1n) is 8.66. The van der Waals surface area contributed by atoms with Crippen molar-refractivity contribution in [1.29, 1.82) is 0 Å². The van der Waals surface area contributed by atoms with E-state index in [4.69, 9.17) is 0 Å². The zero-order valence-electron chi connectivity index (χ0n) is 14.6. The van der Waals surface area contributed by atoms with Crippen molar-refractivity contribution in [3.05, 3.63) is 54.4 Å². The maximum atomic E-state index is 12.4. The average molecular weight is 365 g/mol. The standard InChI is InChI=1S/C17H19N9O/c27-17(26-8-6-25(7-9-26)16-19-11-18-12-20-16)22-15-21-14(23-24-15)10-13-4-2-1-3-5-13/h1-5,11-12H,6-10H2,(H2,21,22,23,24,27). The molecular formula is C17H19N9O. The van der Waals surface area contributed by atoms with Crippen LogP contribution in [0.4, 0.5) is 16.7 Å². The molecule has 0 spiro atoms. The van der Waals surface area contributed by atoms with Crippen molar-refractivity contribution >= 4 is 17.9 Å². The van der Waals surface area contributed by atoms with E-state index in [9.17, 15) is 4.79 Å². The number of hydrogen-bond acceptors (Lipinski definition) is 7. The van der Waals surface area contributed by atoms with Crippen LogP contribution in [-0.4, -0.2) is 67.2 Å². The molecule has 0 saturated carbocycles. The van der Waals surface area contributed by atoms with E-state index in [-0.39, 0.29) is 12.0 Å². The fourth-order valence-corrected chi connectivity index (χ4v) is 2.90. The Hall–Kier alpha value is -3.56. The highest BCUT2D eigenvalue weighted by Gasteiger charge is 2.23. The monoisotopic (exact) mass is 365 g/mol. The molecule has 3 aromatic rings. The minimum Gasteiger partial charge on any atom is -0.337 e. The zero-order chi connectivity index (χ0) is 18.5. The Morgan fingerprint density at radius 2 is 1.81 bits per heavy atom. The number of carbonyl (C=O) groups is 1. The van der Waals surface area contributed by atoms with Crippen LogP contribution in [0.5, 0.6) is 0 Å². The Balaban J connectivity index is 1.30. The smallest absolute Gasteiger partial charge is 0.324 e. The first-order valence-corrected chi connectivity index (χ1v) is 8.66. The molecule has 4 rings (SSSR count). The third kappa shape index (κ3) is 4.17. The molecule has 2 N–H and O–H groups in total. The van der Waals surface area contributed by atoms with Crippen molar-refractivity contribution in [3.8, 4) is 0 Å². The van der Waals surface area contributed by atoms with Crippen LogP contribution in [-0.2, 0) is 6.42 Å². The molecule has 2 aromatic heterocycles. The lowest BCUT2D eigenvalue weighted by molar-refractivity contribution is 0.207. The molecule has 2 amide bonds. The lowest BCUT2D eigenvalue weighted by Crippen LogP contribution is -2.50. The van der Waals surface area contributed by atoms with Crippen LogP contribution >= 0.6 is 0 Å². The molecule has 0 bridgehead atoms. The number of hydrogen-bond donors (Lipinski definition) is 2. The normalized spacial score (nSPS) is 14.2. The van der Waals surface area contributed by atoms with Crippen molar-refractivity contribution in [2.24, 2.45) is 0 Å². The van der Waals surface area contributed by atoms with Crippen LogP contribution < -0.4 is 10.2 Å². The molecular weight excluding hydrogens is 346 g/mol. The highest BCUT2D eigenvalue weighted by molar-refractivity contribution is 5.87. The number of aromatic amines is 1. The first kappa shape index (κ1) is 16.9. The summed E-state index contributed by atoms with van der Waals surface area (Å²) in [6.07, 6.45) is 3.57. The van der Waals surface area contributed by atoms with Crippen molar-refractivity contribution in [2.45, 2.75) is 6.42 Å². The molecule has 0 atom stereocenters. The summed E-state index contributed by atoms with van der Waals surface area (Å²) < 4.78 is 0. The second kappa shape index (κ2) is 7.77. The second-order valence-corrected chi connectivity index (χ2v) is 6.11. The van der Waals surface area contributed by atoms with Gasteiger partial charge in [-0.2, -0.15) is 4.98 Å². The van der Waals surface area contributed by atoms with Crippen LogP contribution in [0.3, 0.4) is 0 Å². The summed E-state index contributed by atoms with van der Waals surface area (Å²) >= 11 is 0. The topological polar surface area (TPSA) is 116 Å². The number of aromatic nitrogens is 6. The van der Waals surface area contributed by atoms with Gasteiger partial charge in [0, 0.05) is 32.6 Å². The summed E-state index contributed by atoms with van der Waals surface area (Å²) in [6.45, 7) is 2.45. The molecule has 1 saturated heterocycles. The number of carbonyl (C=O) groups excluding carboxylic acids is 1. The predicted molar refractivity (Wildman–Crippen MR) is 98.3 cm³/mol. The summed E-state index contributed by atoms with van der Waals surface area (Å²) in [5, 5.41) is 9.69. The van der Waals surface area contributed by atoms with E-state index >= 15 is 0 Å². The van der Waals surface area contributed by atoms with Gasteiger partial charge in [0.2, 0.25) is 11.9 Å². The van der Waals surface area contributed by atoms with Crippen LogP contribution in [0, 0.1) is 0 Å². The molecule has 1 aromatic carbocycles. The number of H-pyrrole nitrogens is 1. The van der Waals surface area contributed by atoms with E-state index in [1.54, 1.807) is 4.90 Å². The third-order valence-corrected chi connectivity index (χ3v) is 4.29. The van der Waals surface area contributed by atoms with Gasteiger partial charge in [0.25, 0.3) is 0 Å². The lowest BCUT2D eigenvalue weighted by Gasteiger charge is -2.34. The molecule has 27 heavy (non-hydrogen) atoms. The minimum absolute atomic E-state index is 0.212. The van der Waals surface area contributed by atoms with Crippen LogP contribution in [0.2, 0.25) is 0 Å². The van der Waals surface area contributed by atoms with E-state index in [2.05, 4.69) is 35.5 Å². The Morgan fingerprint density at radius 3 is 2.56 bits per heavy atom. The molecule has 0 radical (unpaired) electrons. The van der Waals surface area contributed by atoms with E-state index in [0.29, 0.717) is 44.4 Å². The largest absolute Gasteiger partial charge is 0.337 e. The number of piperazine rings is 1. The summed E-state index contributed by atoms with van der Waals surface area (Å²) in [7, 11) is 0. The Labute approximate surface area is 155 Å². The van der Waals surface area contributed by atoms with Crippen molar-refractivity contribution in [2.75, 3.05) is 36.4 Å². The van der Waals surface area contributed by atoms with Gasteiger partial charge in [-0.25, -0.2) is 19.7 Å². The number of amides is 2. The van der Waals surface area contributed by atoms with Gasteiger partial charge in [-0.15, -0.1) is 5.10 Å². The Bertz CT molecular complexity index is 876. The fraction of sp³-hybridized carbons (Fsp3) is 0.294. The Kier molecular flexibility index (Phi) is 4.86. The highest BCUT2D eigenvalue weighted by atomic mass is 16.2. The zero-order valence-corrected chi connectivity index (χ0v) is 14.6. The minimum atomic E-state index is -0.212. The molecule has 1 aliphatic heterocycles. The molecule has 10 nitrogen and oxygen atoms in total. The summed E-state index contributed by atoms with van der Waals surface area (Å²) in [5.41, 5.74) is 1.13. The molecule has 1 fully saturated rings. The summed E-state index contributed by atoms with van der Waals surface area (Å²) in [4.78, 5) is 32.6. The van der Waals surface area contributed by atoms with Gasteiger partial charge in [0.15, 0.2) is 0 Å². The summed E-state index contributed by atoms with van der Waals surface area (Å²) in [6, 6.07) is 9.75. The second-order valence-electron chi connectivity index (χ2n) is 6.11. The molecule has 10 heteroatoms. The number of urea groups is 1. The number of anilines is 2. The molecule has 138 valence electrons. The third-order valence-electron chi connectivity index (χ3n) is 4.29. The van der Waals surface area contributed by atoms with Gasteiger partial charge in [0.1, 0.15) is 18.5 Å². The van der Waals surface area contributed by atoms with Crippen LogP contribution in [0.1, 0.15) is 11.4 Å². The van der Waals surface area contributed by atoms with Crippen LogP contribution in [0.15, 0.2) is 43.0 Å². The molecule has 0 aliphatic carbocycles.